The summed E-state index contributed by atoms with van der Waals surface area (Å²) in [6, 6.07) is 1.84. The van der Waals surface area contributed by atoms with Gasteiger partial charge in [-0.05, 0) is 25.7 Å². The first-order valence-electron chi connectivity index (χ1n) is 6.66. The molecule has 0 radical (unpaired) electrons. The lowest BCUT2D eigenvalue weighted by molar-refractivity contribution is 0.126. The van der Waals surface area contributed by atoms with Crippen LogP contribution in [0.25, 0.3) is 0 Å². The van der Waals surface area contributed by atoms with Gasteiger partial charge in [-0.15, -0.1) is 0 Å². The van der Waals surface area contributed by atoms with Crippen LogP contribution in [0.5, 0.6) is 11.8 Å². The Morgan fingerprint density at radius 2 is 2.06 bits per heavy atom. The molecule has 0 amide bonds. The third-order valence-corrected chi connectivity index (χ3v) is 3.10. The van der Waals surface area contributed by atoms with E-state index in [2.05, 4.69) is 16.9 Å². The van der Waals surface area contributed by atoms with Crippen LogP contribution >= 0.6 is 0 Å². The number of nitrogens with two attached hydrogens (primary N) is 1. The molecule has 18 heavy (non-hydrogen) atoms. The molecule has 2 unspecified atom stereocenters. The van der Waals surface area contributed by atoms with Gasteiger partial charge in [-0.2, -0.15) is 0 Å². The molecule has 100 valence electrons. The zero-order valence-corrected chi connectivity index (χ0v) is 10.8. The van der Waals surface area contributed by atoms with Gasteiger partial charge in [0, 0.05) is 6.04 Å². The topological polar surface area (TPSA) is 70.3 Å². The summed E-state index contributed by atoms with van der Waals surface area (Å²) in [5.74, 6) is 1.12. The minimum Gasteiger partial charge on any atom is -0.478 e. The van der Waals surface area contributed by atoms with Crippen molar-refractivity contribution in [2.24, 2.45) is 5.73 Å². The number of rotatable bonds is 5. The Morgan fingerprint density at radius 1 is 1.28 bits per heavy atom. The lowest BCUT2D eigenvalue weighted by Gasteiger charge is -2.28. The average molecular weight is 251 g/mol. The monoisotopic (exact) mass is 251 g/mol. The van der Waals surface area contributed by atoms with E-state index >= 15 is 0 Å². The highest BCUT2D eigenvalue weighted by Gasteiger charge is 2.23. The quantitative estimate of drug-likeness (QED) is 0.865. The van der Waals surface area contributed by atoms with Crippen molar-refractivity contribution in [2.75, 3.05) is 6.61 Å². The third kappa shape index (κ3) is 3.57. The Labute approximate surface area is 108 Å². The molecule has 0 spiro atoms. The van der Waals surface area contributed by atoms with E-state index in [0.29, 0.717) is 18.4 Å². The van der Waals surface area contributed by atoms with Crippen molar-refractivity contribution in [3.8, 4) is 11.8 Å². The maximum atomic E-state index is 6.05. The van der Waals surface area contributed by atoms with Gasteiger partial charge in [0.1, 0.15) is 12.4 Å². The van der Waals surface area contributed by atoms with Gasteiger partial charge in [0.2, 0.25) is 11.8 Å². The maximum absolute atomic E-state index is 6.05. The highest BCUT2D eigenvalue weighted by Crippen LogP contribution is 2.22. The van der Waals surface area contributed by atoms with E-state index in [1.807, 2.05) is 0 Å². The smallest absolute Gasteiger partial charge is 0.220 e. The zero-order chi connectivity index (χ0) is 12.8. The second-order valence-electron chi connectivity index (χ2n) is 4.65. The van der Waals surface area contributed by atoms with E-state index in [1.54, 1.807) is 6.07 Å². The first-order valence-corrected chi connectivity index (χ1v) is 6.66. The van der Waals surface area contributed by atoms with Crippen molar-refractivity contribution in [1.82, 2.24) is 9.97 Å². The third-order valence-electron chi connectivity index (χ3n) is 3.10. The summed E-state index contributed by atoms with van der Waals surface area (Å²) in [6.45, 7) is 2.71. The maximum Gasteiger partial charge on any atom is 0.220 e. The molecule has 2 rings (SSSR count). The average Bonchev–Trinajstić information content (AvgIpc) is 2.40. The summed E-state index contributed by atoms with van der Waals surface area (Å²) >= 11 is 0. The van der Waals surface area contributed by atoms with Gasteiger partial charge >= 0.3 is 0 Å². The van der Waals surface area contributed by atoms with E-state index in [4.69, 9.17) is 15.2 Å². The van der Waals surface area contributed by atoms with Gasteiger partial charge in [0.25, 0.3) is 0 Å². The molecule has 2 N–H and O–H groups in total. The van der Waals surface area contributed by atoms with E-state index in [1.165, 1.54) is 19.2 Å². The summed E-state index contributed by atoms with van der Waals surface area (Å²) in [5, 5.41) is 0. The second-order valence-corrected chi connectivity index (χ2v) is 4.65. The van der Waals surface area contributed by atoms with Gasteiger partial charge < -0.3 is 15.2 Å². The van der Waals surface area contributed by atoms with E-state index in [9.17, 15) is 0 Å². The Hall–Kier alpha value is -1.36. The SMILES string of the molecule is CCCOc1cc(OC2CCCCC2N)ncn1. The normalized spacial score (nSPS) is 23.7. The Morgan fingerprint density at radius 3 is 2.83 bits per heavy atom. The molecule has 1 aromatic rings. The fourth-order valence-corrected chi connectivity index (χ4v) is 2.10. The molecule has 2 atom stereocenters. The van der Waals surface area contributed by atoms with E-state index in [0.717, 1.165) is 19.3 Å². The highest BCUT2D eigenvalue weighted by molar-refractivity contribution is 5.18. The molecule has 1 fully saturated rings. The van der Waals surface area contributed by atoms with Crippen molar-refractivity contribution in [3.05, 3.63) is 12.4 Å². The molecule has 1 aliphatic rings. The molecule has 1 aromatic heterocycles. The fourth-order valence-electron chi connectivity index (χ4n) is 2.10. The molecule has 5 nitrogen and oxygen atoms in total. The Kier molecular flexibility index (Phi) is 4.75. The summed E-state index contributed by atoms with van der Waals surface area (Å²) in [5.41, 5.74) is 6.05. The van der Waals surface area contributed by atoms with Crippen LogP contribution < -0.4 is 15.2 Å². The number of aromatic nitrogens is 2. The van der Waals surface area contributed by atoms with Crippen LogP contribution in [0.2, 0.25) is 0 Å². The van der Waals surface area contributed by atoms with Crippen LogP contribution in [0.4, 0.5) is 0 Å². The molecule has 0 bridgehead atoms. The van der Waals surface area contributed by atoms with Crippen molar-refractivity contribution in [1.29, 1.82) is 0 Å². The fraction of sp³-hybridized carbons (Fsp3) is 0.692. The van der Waals surface area contributed by atoms with Crippen LogP contribution in [-0.2, 0) is 0 Å². The molecule has 0 saturated heterocycles. The van der Waals surface area contributed by atoms with Crippen molar-refractivity contribution in [3.63, 3.8) is 0 Å². The molecule has 5 heteroatoms. The molecule has 1 saturated carbocycles. The molecule has 1 heterocycles. The molecule has 0 aliphatic heterocycles. The predicted octanol–water partition coefficient (Wildman–Crippen LogP) is 1.91. The highest BCUT2D eigenvalue weighted by atomic mass is 16.5. The predicted molar refractivity (Wildman–Crippen MR) is 68.7 cm³/mol. The lowest BCUT2D eigenvalue weighted by Crippen LogP contribution is -2.41. The van der Waals surface area contributed by atoms with Crippen molar-refractivity contribution < 1.29 is 9.47 Å². The van der Waals surface area contributed by atoms with E-state index in [-0.39, 0.29) is 12.1 Å². The van der Waals surface area contributed by atoms with Crippen LogP contribution in [0.15, 0.2) is 12.4 Å². The zero-order valence-electron chi connectivity index (χ0n) is 10.8. The van der Waals surface area contributed by atoms with Crippen molar-refractivity contribution >= 4 is 0 Å². The summed E-state index contributed by atoms with van der Waals surface area (Å²) in [7, 11) is 0. The van der Waals surface area contributed by atoms with Crippen molar-refractivity contribution in [2.45, 2.75) is 51.2 Å². The summed E-state index contributed by atoms with van der Waals surface area (Å²) in [4.78, 5) is 8.15. The minimum absolute atomic E-state index is 0.0627. The van der Waals surface area contributed by atoms with E-state index < -0.39 is 0 Å². The largest absolute Gasteiger partial charge is 0.478 e. The van der Waals surface area contributed by atoms with Gasteiger partial charge in [-0.25, -0.2) is 9.97 Å². The first kappa shape index (κ1) is 13.1. The number of hydrogen-bond acceptors (Lipinski definition) is 5. The molecular weight excluding hydrogens is 230 g/mol. The van der Waals surface area contributed by atoms with Crippen LogP contribution in [0.3, 0.4) is 0 Å². The van der Waals surface area contributed by atoms with Gasteiger partial charge in [0.15, 0.2) is 0 Å². The minimum atomic E-state index is 0.0627. The standard InChI is InChI=1S/C13H21N3O2/c1-2-7-17-12-8-13(16-9-15-12)18-11-6-4-3-5-10(11)14/h8-11H,2-7,14H2,1H3. The van der Waals surface area contributed by atoms with Gasteiger partial charge in [0.05, 0.1) is 12.7 Å². The van der Waals surface area contributed by atoms with Crippen LogP contribution in [-0.4, -0.2) is 28.7 Å². The first-order chi connectivity index (χ1) is 8.79. The van der Waals surface area contributed by atoms with Gasteiger partial charge in [-0.1, -0.05) is 13.3 Å². The number of ether oxygens (including phenoxy) is 2. The Bertz CT molecular complexity index is 373. The lowest BCUT2D eigenvalue weighted by atomic mass is 9.93. The molecule has 0 aromatic carbocycles. The summed E-state index contributed by atoms with van der Waals surface area (Å²) in [6.07, 6.45) is 6.86. The Balaban J connectivity index is 1.95. The number of nitrogens with zero attached hydrogens (tertiary/aromatic N) is 2. The van der Waals surface area contributed by atoms with Crippen LogP contribution in [0, 0.1) is 0 Å². The summed E-state index contributed by atoms with van der Waals surface area (Å²) < 4.78 is 11.3. The molecule has 1 aliphatic carbocycles. The van der Waals surface area contributed by atoms with Crippen LogP contribution in [0.1, 0.15) is 39.0 Å². The number of hydrogen-bond donors (Lipinski definition) is 1. The second kappa shape index (κ2) is 6.54. The van der Waals surface area contributed by atoms with Gasteiger partial charge in [-0.3, -0.25) is 0 Å². The molecular formula is C13H21N3O2.